The lowest BCUT2D eigenvalue weighted by Gasteiger charge is -2.51. The van der Waals surface area contributed by atoms with Crippen molar-refractivity contribution in [3.8, 4) is 11.5 Å². The number of aromatic hydroxyl groups is 1. The fraction of sp³-hybridized carbons (Fsp3) is 0.667. The summed E-state index contributed by atoms with van der Waals surface area (Å²) in [5.74, 6) is 1.52. The molecule has 1 aliphatic heterocycles. The highest BCUT2D eigenvalue weighted by Gasteiger charge is 2.76. The Labute approximate surface area is 152 Å². The average molecular weight is 355 g/mol. The topological polar surface area (TPSA) is 70.0 Å². The Morgan fingerprint density at radius 3 is 2.92 bits per heavy atom. The minimum absolute atomic E-state index is 0.0716. The molecule has 5 unspecified atom stereocenters. The maximum Gasteiger partial charge on any atom is 0.174 e. The average Bonchev–Trinajstić information content (AvgIpc) is 3.32. The second kappa shape index (κ2) is 4.63. The van der Waals surface area contributed by atoms with Gasteiger partial charge in [-0.25, -0.2) is 0 Å². The van der Waals surface area contributed by atoms with Gasteiger partial charge in [0, 0.05) is 30.5 Å². The molecule has 3 saturated carbocycles. The third-order valence-electron chi connectivity index (χ3n) is 8.03. The summed E-state index contributed by atoms with van der Waals surface area (Å²) in [4.78, 5) is 15.2. The van der Waals surface area contributed by atoms with Crippen LogP contribution >= 0.6 is 0 Å². The van der Waals surface area contributed by atoms with Gasteiger partial charge in [-0.2, -0.15) is 0 Å². The first-order chi connectivity index (χ1) is 12.5. The third kappa shape index (κ3) is 1.59. The molecular formula is C21H25NO4. The van der Waals surface area contributed by atoms with Crippen molar-refractivity contribution in [1.29, 1.82) is 0 Å². The van der Waals surface area contributed by atoms with E-state index in [1.54, 1.807) is 6.07 Å². The van der Waals surface area contributed by atoms with Crippen molar-refractivity contribution in [3.63, 3.8) is 0 Å². The molecule has 5 aliphatic rings. The number of phenolic OH excluding ortho intramolecular Hbond substituents is 1. The lowest BCUT2D eigenvalue weighted by Crippen LogP contribution is -2.64. The van der Waals surface area contributed by atoms with E-state index in [0.717, 1.165) is 36.4 Å². The van der Waals surface area contributed by atoms with Crippen LogP contribution in [0.25, 0.3) is 0 Å². The Morgan fingerprint density at radius 2 is 2.15 bits per heavy atom. The smallest absolute Gasteiger partial charge is 0.174 e. The molecule has 138 valence electrons. The molecule has 0 radical (unpaired) electrons. The highest BCUT2D eigenvalue weighted by Crippen LogP contribution is 2.69. The lowest BCUT2D eigenvalue weighted by molar-refractivity contribution is -0.152. The van der Waals surface area contributed by atoms with Crippen molar-refractivity contribution in [2.45, 2.75) is 61.7 Å². The van der Waals surface area contributed by atoms with Gasteiger partial charge < -0.3 is 19.8 Å². The summed E-state index contributed by atoms with van der Waals surface area (Å²) in [6, 6.07) is 3.90. The van der Waals surface area contributed by atoms with Gasteiger partial charge in [0.15, 0.2) is 23.4 Å². The molecular weight excluding hydrogens is 330 g/mol. The summed E-state index contributed by atoms with van der Waals surface area (Å²) in [6.45, 7) is 1.07. The van der Waals surface area contributed by atoms with Crippen molar-refractivity contribution < 1.29 is 19.7 Å². The number of ether oxygens (including phenoxy) is 1. The first kappa shape index (κ1) is 15.5. The van der Waals surface area contributed by atoms with Gasteiger partial charge in [0.05, 0.1) is 11.0 Å². The van der Waals surface area contributed by atoms with Gasteiger partial charge in [-0.15, -0.1) is 0 Å². The molecule has 1 aromatic carbocycles. The van der Waals surface area contributed by atoms with E-state index in [0.29, 0.717) is 18.6 Å². The standard InChI is InChI=1S/C21H25NO4/c1-22(10-11-2-3-11)14-9-20-17-12-4-5-15(23)18(17)26-19(20)16(24)6-7-21(20,25)13(14)8-12/h4-5,11,13-14,19,23,25H,2-3,6-10H2,1H3. The minimum atomic E-state index is -0.917. The largest absolute Gasteiger partial charge is 0.504 e. The van der Waals surface area contributed by atoms with Crippen molar-refractivity contribution >= 4 is 5.78 Å². The van der Waals surface area contributed by atoms with Crippen LogP contribution in [0.5, 0.6) is 11.5 Å². The fourth-order valence-corrected chi connectivity index (χ4v) is 6.73. The van der Waals surface area contributed by atoms with E-state index in [4.69, 9.17) is 4.74 Å². The Balaban J connectivity index is 1.55. The zero-order valence-electron chi connectivity index (χ0n) is 15.1. The zero-order valence-corrected chi connectivity index (χ0v) is 15.1. The van der Waals surface area contributed by atoms with Crippen LogP contribution in [-0.2, 0) is 16.6 Å². The van der Waals surface area contributed by atoms with Gasteiger partial charge in [-0.3, -0.25) is 4.79 Å². The van der Waals surface area contributed by atoms with E-state index in [9.17, 15) is 15.0 Å². The molecule has 2 bridgehead atoms. The molecule has 3 fully saturated rings. The second-order valence-electron chi connectivity index (χ2n) is 9.27. The molecule has 26 heavy (non-hydrogen) atoms. The number of benzene rings is 1. The van der Waals surface area contributed by atoms with Gasteiger partial charge in [0.2, 0.25) is 0 Å². The highest BCUT2D eigenvalue weighted by atomic mass is 16.5. The Kier molecular flexibility index (Phi) is 2.75. The monoisotopic (exact) mass is 355 g/mol. The summed E-state index contributed by atoms with van der Waals surface area (Å²) in [6.07, 6.45) is 4.38. The van der Waals surface area contributed by atoms with E-state index in [1.807, 2.05) is 6.07 Å². The van der Waals surface area contributed by atoms with Crippen LogP contribution in [0.15, 0.2) is 12.1 Å². The van der Waals surface area contributed by atoms with E-state index in [2.05, 4.69) is 11.9 Å². The van der Waals surface area contributed by atoms with E-state index < -0.39 is 17.1 Å². The van der Waals surface area contributed by atoms with Crippen molar-refractivity contribution in [1.82, 2.24) is 4.90 Å². The quantitative estimate of drug-likeness (QED) is 0.865. The molecule has 1 heterocycles. The first-order valence-electron chi connectivity index (χ1n) is 9.93. The van der Waals surface area contributed by atoms with Gasteiger partial charge >= 0.3 is 0 Å². The predicted molar refractivity (Wildman–Crippen MR) is 94.3 cm³/mol. The van der Waals surface area contributed by atoms with Gasteiger partial charge in [0.25, 0.3) is 0 Å². The van der Waals surface area contributed by atoms with Crippen LogP contribution in [0.3, 0.4) is 0 Å². The van der Waals surface area contributed by atoms with Crippen LogP contribution in [0.4, 0.5) is 0 Å². The number of Topliss-reactive ketones (excluding diaryl/α,β-unsaturated/α-hetero) is 1. The van der Waals surface area contributed by atoms with Gasteiger partial charge in [-0.05, 0) is 56.7 Å². The number of hydrogen-bond acceptors (Lipinski definition) is 5. The van der Waals surface area contributed by atoms with Crippen molar-refractivity contribution in [2.24, 2.45) is 11.8 Å². The van der Waals surface area contributed by atoms with E-state index in [1.165, 1.54) is 12.8 Å². The third-order valence-corrected chi connectivity index (χ3v) is 8.03. The SMILES string of the molecule is CN(CC1CC1)C1CC23c4c5ccc(O)c4OC2C(=O)CCC3(O)C1C5. The molecule has 0 aromatic heterocycles. The summed E-state index contributed by atoms with van der Waals surface area (Å²) >= 11 is 0. The number of aliphatic hydroxyl groups is 1. The molecule has 1 spiro atoms. The molecule has 4 aliphatic carbocycles. The Bertz CT molecular complexity index is 834. The molecule has 0 amide bonds. The summed E-state index contributed by atoms with van der Waals surface area (Å²) in [7, 11) is 2.17. The maximum absolute atomic E-state index is 12.8. The Morgan fingerprint density at radius 1 is 1.35 bits per heavy atom. The molecule has 1 aromatic rings. The Hall–Kier alpha value is -1.59. The van der Waals surface area contributed by atoms with Crippen LogP contribution in [0, 0.1) is 11.8 Å². The van der Waals surface area contributed by atoms with Crippen LogP contribution in [0.2, 0.25) is 0 Å². The normalized spacial score (nSPS) is 42.1. The molecule has 2 N–H and O–H groups in total. The zero-order chi connectivity index (χ0) is 17.8. The number of carbonyl (C=O) groups excluding carboxylic acids is 1. The van der Waals surface area contributed by atoms with E-state index >= 15 is 0 Å². The summed E-state index contributed by atoms with van der Waals surface area (Å²) < 4.78 is 6.07. The molecule has 5 atom stereocenters. The first-order valence-corrected chi connectivity index (χ1v) is 9.93. The maximum atomic E-state index is 12.8. The predicted octanol–water partition coefficient (Wildman–Crippen LogP) is 1.77. The van der Waals surface area contributed by atoms with Gasteiger partial charge in [0.1, 0.15) is 0 Å². The number of rotatable bonds is 3. The number of hydrogen-bond donors (Lipinski definition) is 2. The number of phenols is 1. The highest BCUT2D eigenvalue weighted by molar-refractivity contribution is 5.90. The lowest BCUT2D eigenvalue weighted by atomic mass is 9.54. The second-order valence-corrected chi connectivity index (χ2v) is 9.27. The van der Waals surface area contributed by atoms with E-state index in [-0.39, 0.29) is 23.5 Å². The van der Waals surface area contributed by atoms with Crippen LogP contribution in [0.1, 0.15) is 43.2 Å². The molecule has 0 saturated heterocycles. The number of carbonyl (C=O) groups is 1. The minimum Gasteiger partial charge on any atom is -0.504 e. The number of nitrogens with zero attached hydrogens (tertiary/aromatic N) is 1. The molecule has 5 heteroatoms. The number of ketones is 1. The van der Waals surface area contributed by atoms with Gasteiger partial charge in [-0.1, -0.05) is 6.07 Å². The van der Waals surface area contributed by atoms with Crippen LogP contribution < -0.4 is 4.74 Å². The summed E-state index contributed by atoms with van der Waals surface area (Å²) in [5, 5.41) is 22.3. The van der Waals surface area contributed by atoms with Crippen molar-refractivity contribution in [3.05, 3.63) is 23.3 Å². The molecule has 5 nitrogen and oxygen atoms in total. The summed E-state index contributed by atoms with van der Waals surface area (Å²) in [5.41, 5.74) is 0.473. The molecule has 6 rings (SSSR count). The van der Waals surface area contributed by atoms with Crippen molar-refractivity contribution in [2.75, 3.05) is 13.6 Å². The fourth-order valence-electron chi connectivity index (χ4n) is 6.73. The van der Waals surface area contributed by atoms with Crippen LogP contribution in [-0.4, -0.2) is 52.2 Å².